The number of amides is 2. The van der Waals surface area contributed by atoms with Crippen LogP contribution in [0.1, 0.15) is 31.2 Å². The Morgan fingerprint density at radius 1 is 1.21 bits per heavy atom. The van der Waals surface area contributed by atoms with Crippen LogP contribution in [0.3, 0.4) is 0 Å². The quantitative estimate of drug-likeness (QED) is 0.779. The third-order valence-corrected chi connectivity index (χ3v) is 6.19. The SMILES string of the molecule is CN(C)C1(CNC(=O)NC2CCN(Cc3ccc(F)cc3)CC2)CCOCC1. The predicted octanol–water partition coefficient (Wildman–Crippen LogP) is 2.20. The molecule has 2 aliphatic rings. The number of halogens is 1. The van der Waals surface area contributed by atoms with Gasteiger partial charge in [-0.2, -0.15) is 0 Å². The summed E-state index contributed by atoms with van der Waals surface area (Å²) in [5.41, 5.74) is 1.10. The molecule has 1 aromatic rings. The van der Waals surface area contributed by atoms with Crippen molar-refractivity contribution < 1.29 is 13.9 Å². The Hall–Kier alpha value is -1.70. The zero-order valence-electron chi connectivity index (χ0n) is 17.0. The normalized spacial score (nSPS) is 20.9. The predicted molar refractivity (Wildman–Crippen MR) is 108 cm³/mol. The Morgan fingerprint density at radius 3 is 2.46 bits per heavy atom. The van der Waals surface area contributed by atoms with Crippen LogP contribution in [-0.2, 0) is 11.3 Å². The van der Waals surface area contributed by atoms with Crippen molar-refractivity contribution >= 4 is 6.03 Å². The van der Waals surface area contributed by atoms with Crippen LogP contribution in [0.5, 0.6) is 0 Å². The number of urea groups is 1. The molecule has 0 radical (unpaired) electrons. The van der Waals surface area contributed by atoms with Crippen LogP contribution in [0.4, 0.5) is 9.18 Å². The number of nitrogens with one attached hydrogen (secondary N) is 2. The van der Waals surface area contributed by atoms with Crippen molar-refractivity contribution in [2.45, 2.75) is 43.8 Å². The van der Waals surface area contributed by atoms with Gasteiger partial charge in [0.15, 0.2) is 0 Å². The smallest absolute Gasteiger partial charge is 0.315 e. The summed E-state index contributed by atoms with van der Waals surface area (Å²) in [4.78, 5) is 17.0. The van der Waals surface area contributed by atoms with Gasteiger partial charge >= 0.3 is 6.03 Å². The molecule has 2 fully saturated rings. The third kappa shape index (κ3) is 5.65. The first-order valence-electron chi connectivity index (χ1n) is 10.2. The molecule has 0 aromatic heterocycles. The van der Waals surface area contributed by atoms with Gasteiger partial charge in [0.05, 0.1) is 0 Å². The van der Waals surface area contributed by atoms with Crippen LogP contribution < -0.4 is 10.6 Å². The minimum Gasteiger partial charge on any atom is -0.381 e. The van der Waals surface area contributed by atoms with Gasteiger partial charge in [-0.1, -0.05) is 12.1 Å². The van der Waals surface area contributed by atoms with E-state index in [1.165, 1.54) is 12.1 Å². The molecule has 1 aromatic carbocycles. The summed E-state index contributed by atoms with van der Waals surface area (Å²) in [6.07, 6.45) is 3.73. The molecule has 2 heterocycles. The second-order valence-electron chi connectivity index (χ2n) is 8.24. The first-order chi connectivity index (χ1) is 13.5. The van der Waals surface area contributed by atoms with Gasteiger partial charge in [-0.25, -0.2) is 9.18 Å². The average molecular weight is 393 g/mol. The van der Waals surface area contributed by atoms with E-state index in [1.54, 1.807) is 0 Å². The summed E-state index contributed by atoms with van der Waals surface area (Å²) < 4.78 is 18.5. The number of hydrogen-bond donors (Lipinski definition) is 2. The first-order valence-corrected chi connectivity index (χ1v) is 10.2. The minimum atomic E-state index is -0.200. The number of likely N-dealkylation sites (N-methyl/N-ethyl adjacent to an activating group) is 1. The van der Waals surface area contributed by atoms with Crippen molar-refractivity contribution in [3.63, 3.8) is 0 Å². The zero-order valence-corrected chi connectivity index (χ0v) is 17.0. The Labute approximate surface area is 167 Å². The average Bonchev–Trinajstić information content (AvgIpc) is 2.70. The molecule has 2 amide bonds. The van der Waals surface area contributed by atoms with Crippen LogP contribution in [-0.4, -0.2) is 74.4 Å². The van der Waals surface area contributed by atoms with Gasteiger partial charge in [-0.05, 0) is 57.5 Å². The summed E-state index contributed by atoms with van der Waals surface area (Å²) in [6, 6.07) is 6.81. The van der Waals surface area contributed by atoms with Gasteiger partial charge in [0.25, 0.3) is 0 Å². The highest BCUT2D eigenvalue weighted by Crippen LogP contribution is 2.25. The molecule has 0 aliphatic carbocycles. The van der Waals surface area contributed by atoms with E-state index in [1.807, 2.05) is 12.1 Å². The molecule has 2 aliphatic heterocycles. The van der Waals surface area contributed by atoms with Crippen LogP contribution >= 0.6 is 0 Å². The number of hydrogen-bond acceptors (Lipinski definition) is 4. The molecule has 0 spiro atoms. The summed E-state index contributed by atoms with van der Waals surface area (Å²) in [5, 5.41) is 6.21. The van der Waals surface area contributed by atoms with Crippen molar-refractivity contribution in [3.8, 4) is 0 Å². The van der Waals surface area contributed by atoms with Crippen molar-refractivity contribution in [3.05, 3.63) is 35.6 Å². The molecule has 0 saturated carbocycles. The van der Waals surface area contributed by atoms with Crippen LogP contribution in [0, 0.1) is 5.82 Å². The number of nitrogens with zero attached hydrogens (tertiary/aromatic N) is 2. The number of carbonyl (C=O) groups is 1. The highest BCUT2D eigenvalue weighted by atomic mass is 19.1. The standard InChI is InChI=1S/C21H33FN4O2/c1-25(2)21(9-13-28-14-10-21)16-23-20(27)24-19-7-11-26(12-8-19)15-17-3-5-18(22)6-4-17/h3-6,19H,7-16H2,1-2H3,(H2,23,24,27). The molecule has 6 nitrogen and oxygen atoms in total. The van der Waals surface area contributed by atoms with Crippen LogP contribution in [0.15, 0.2) is 24.3 Å². The highest BCUT2D eigenvalue weighted by Gasteiger charge is 2.35. The lowest BCUT2D eigenvalue weighted by atomic mass is 9.88. The van der Waals surface area contributed by atoms with E-state index in [4.69, 9.17) is 4.74 Å². The molecular weight excluding hydrogens is 359 g/mol. The number of rotatable bonds is 6. The summed E-state index contributed by atoms with van der Waals surface area (Å²) in [7, 11) is 4.14. The number of carbonyl (C=O) groups excluding carboxylic acids is 1. The number of ether oxygens (including phenoxy) is 1. The van der Waals surface area contributed by atoms with Gasteiger partial charge < -0.3 is 20.3 Å². The van der Waals surface area contributed by atoms with Crippen molar-refractivity contribution in [2.75, 3.05) is 46.9 Å². The number of piperidine rings is 1. The van der Waals surface area contributed by atoms with Gasteiger partial charge in [-0.3, -0.25) is 4.90 Å². The van der Waals surface area contributed by atoms with Crippen LogP contribution in [0.25, 0.3) is 0 Å². The molecule has 2 N–H and O–H groups in total. The van der Waals surface area contributed by atoms with Gasteiger partial charge in [-0.15, -0.1) is 0 Å². The van der Waals surface area contributed by atoms with Gasteiger partial charge in [0.2, 0.25) is 0 Å². The third-order valence-electron chi connectivity index (χ3n) is 6.19. The second kappa shape index (κ2) is 9.67. The fourth-order valence-electron chi connectivity index (χ4n) is 4.10. The van der Waals surface area contributed by atoms with E-state index in [2.05, 4.69) is 34.5 Å². The Kier molecular flexibility index (Phi) is 7.26. The first kappa shape index (κ1) is 21.0. The molecule has 156 valence electrons. The van der Waals surface area contributed by atoms with E-state index >= 15 is 0 Å². The molecule has 0 bridgehead atoms. The van der Waals surface area contributed by atoms with E-state index in [9.17, 15) is 9.18 Å². The van der Waals surface area contributed by atoms with Crippen molar-refractivity contribution in [1.82, 2.24) is 20.4 Å². The monoisotopic (exact) mass is 392 g/mol. The molecule has 3 rings (SSSR count). The number of likely N-dealkylation sites (tertiary alicyclic amines) is 1. The zero-order chi connectivity index (χ0) is 20.0. The molecule has 28 heavy (non-hydrogen) atoms. The maximum atomic E-state index is 13.0. The lowest BCUT2D eigenvalue weighted by Crippen LogP contribution is -2.57. The lowest BCUT2D eigenvalue weighted by Gasteiger charge is -2.43. The van der Waals surface area contributed by atoms with E-state index in [0.717, 1.165) is 64.1 Å². The fourth-order valence-corrected chi connectivity index (χ4v) is 4.10. The number of benzene rings is 1. The molecule has 0 atom stereocenters. The summed E-state index contributed by atoms with van der Waals surface area (Å²) in [6.45, 7) is 4.82. The van der Waals surface area contributed by atoms with E-state index < -0.39 is 0 Å². The van der Waals surface area contributed by atoms with E-state index in [0.29, 0.717) is 6.54 Å². The fraction of sp³-hybridized carbons (Fsp3) is 0.667. The molecular formula is C21H33FN4O2. The van der Waals surface area contributed by atoms with Gasteiger partial charge in [0, 0.05) is 51.0 Å². The van der Waals surface area contributed by atoms with Gasteiger partial charge in [0.1, 0.15) is 5.82 Å². The molecule has 2 saturated heterocycles. The minimum absolute atomic E-state index is 0.0197. The molecule has 7 heteroatoms. The Balaban J connectivity index is 1.39. The molecule has 0 unspecified atom stereocenters. The largest absolute Gasteiger partial charge is 0.381 e. The second-order valence-corrected chi connectivity index (χ2v) is 8.24. The Morgan fingerprint density at radius 2 is 1.86 bits per heavy atom. The van der Waals surface area contributed by atoms with Crippen molar-refractivity contribution in [1.29, 1.82) is 0 Å². The topological polar surface area (TPSA) is 56.8 Å². The summed E-state index contributed by atoms with van der Waals surface area (Å²) in [5.74, 6) is -0.200. The Bertz CT molecular complexity index is 624. The highest BCUT2D eigenvalue weighted by molar-refractivity contribution is 5.74. The van der Waals surface area contributed by atoms with Crippen LogP contribution in [0.2, 0.25) is 0 Å². The maximum absolute atomic E-state index is 13.0. The lowest BCUT2D eigenvalue weighted by molar-refractivity contribution is -0.00577. The summed E-state index contributed by atoms with van der Waals surface area (Å²) >= 11 is 0. The maximum Gasteiger partial charge on any atom is 0.315 e. The van der Waals surface area contributed by atoms with Crippen molar-refractivity contribution in [2.24, 2.45) is 0 Å². The van der Waals surface area contributed by atoms with E-state index in [-0.39, 0.29) is 23.4 Å².